The maximum absolute atomic E-state index is 14.3. The summed E-state index contributed by atoms with van der Waals surface area (Å²) in [6.45, 7) is 9.66. The van der Waals surface area contributed by atoms with Crippen molar-refractivity contribution in [2.45, 2.75) is 84.5 Å². The number of ketones is 1. The number of rotatable bonds is 8. The molecule has 0 aromatic carbocycles. The third-order valence-corrected chi connectivity index (χ3v) is 9.58. The molecule has 0 heterocycles. The van der Waals surface area contributed by atoms with Crippen molar-refractivity contribution in [2.75, 3.05) is 6.61 Å². The minimum absolute atomic E-state index is 0.0290. The first-order valence-electron chi connectivity index (χ1n) is 13.5. The topological polar surface area (TPSA) is 104 Å². The summed E-state index contributed by atoms with van der Waals surface area (Å²) in [4.78, 5) is 27.1. The Kier molecular flexibility index (Phi) is 7.28. The van der Waals surface area contributed by atoms with Gasteiger partial charge < -0.3 is 20.1 Å². The van der Waals surface area contributed by atoms with E-state index in [9.17, 15) is 24.9 Å². The standard InChI is InChI=1S/C30H42O6/c1-6-7-8-9-10-11-12-13-23(32)36-27-18(2)16-29-19(3)14-22-24(28(22,4)5)21(26(29)34)15-20(17-31)25(33)30(27,29)35/h10-13,15-16,19,21-22,24-25,27,31,33,35H,6-9,14,17H2,1-5H3/b11-10+,13-12+/t19-,21+,22-,24+,25-,27+,29?,30+/m1/s1. The van der Waals surface area contributed by atoms with Crippen LogP contribution in [-0.2, 0) is 14.3 Å². The number of Topliss-reactive ketones (excluding diaryl/α,β-unsaturated/α-hetero) is 1. The molecule has 0 radical (unpaired) electrons. The van der Waals surface area contributed by atoms with Crippen LogP contribution in [0.2, 0.25) is 0 Å². The summed E-state index contributed by atoms with van der Waals surface area (Å²) in [5.74, 6) is -1.21. The van der Waals surface area contributed by atoms with E-state index in [1.165, 1.54) is 6.08 Å². The minimum Gasteiger partial charge on any atom is -0.451 e. The van der Waals surface area contributed by atoms with Crippen LogP contribution in [0.15, 0.2) is 47.6 Å². The molecule has 8 atom stereocenters. The largest absolute Gasteiger partial charge is 0.451 e. The molecule has 198 valence electrons. The van der Waals surface area contributed by atoms with Crippen LogP contribution in [0.3, 0.4) is 0 Å². The molecule has 6 heteroatoms. The highest BCUT2D eigenvalue weighted by Gasteiger charge is 2.76. The van der Waals surface area contributed by atoms with Gasteiger partial charge in [0.25, 0.3) is 0 Å². The van der Waals surface area contributed by atoms with E-state index in [-0.39, 0.29) is 28.6 Å². The van der Waals surface area contributed by atoms with E-state index >= 15 is 0 Å². The van der Waals surface area contributed by atoms with Gasteiger partial charge >= 0.3 is 5.97 Å². The fraction of sp³-hybridized carbons (Fsp3) is 0.667. The van der Waals surface area contributed by atoms with Gasteiger partial charge in [0.2, 0.25) is 0 Å². The fourth-order valence-corrected chi connectivity index (χ4v) is 7.57. The number of aliphatic hydroxyl groups excluding tert-OH is 2. The fourth-order valence-electron chi connectivity index (χ4n) is 7.57. The maximum atomic E-state index is 14.3. The van der Waals surface area contributed by atoms with Crippen LogP contribution in [0, 0.1) is 34.5 Å². The number of allylic oxidation sites excluding steroid dienone is 4. The van der Waals surface area contributed by atoms with E-state index in [0.717, 1.165) is 32.1 Å². The lowest BCUT2D eigenvalue weighted by molar-refractivity contribution is -0.201. The van der Waals surface area contributed by atoms with E-state index in [1.54, 1.807) is 31.2 Å². The molecular weight excluding hydrogens is 456 g/mol. The smallest absolute Gasteiger partial charge is 0.331 e. The van der Waals surface area contributed by atoms with Crippen molar-refractivity contribution in [1.82, 2.24) is 0 Å². The number of esters is 1. The van der Waals surface area contributed by atoms with Crippen molar-refractivity contribution in [3.8, 4) is 0 Å². The zero-order chi connectivity index (χ0) is 26.5. The van der Waals surface area contributed by atoms with E-state index in [4.69, 9.17) is 4.74 Å². The molecule has 4 aliphatic rings. The van der Waals surface area contributed by atoms with Crippen LogP contribution < -0.4 is 0 Å². The van der Waals surface area contributed by atoms with Crippen LogP contribution in [0.5, 0.6) is 0 Å². The lowest BCUT2D eigenvalue weighted by Crippen LogP contribution is -2.65. The molecule has 1 spiro atoms. The lowest BCUT2D eigenvalue weighted by Gasteiger charge is -2.48. The van der Waals surface area contributed by atoms with Gasteiger partial charge in [-0.3, -0.25) is 4.79 Å². The summed E-state index contributed by atoms with van der Waals surface area (Å²) in [5, 5.41) is 34.0. The zero-order valence-electron chi connectivity index (χ0n) is 22.2. The van der Waals surface area contributed by atoms with Crippen molar-refractivity contribution in [3.63, 3.8) is 0 Å². The average molecular weight is 499 g/mol. The van der Waals surface area contributed by atoms with Gasteiger partial charge in [0.1, 0.15) is 6.10 Å². The molecule has 0 aliphatic heterocycles. The normalized spacial score (nSPS) is 40.8. The number of unbranched alkanes of at least 4 members (excludes halogenated alkanes) is 3. The Labute approximate surface area is 214 Å². The van der Waals surface area contributed by atoms with Gasteiger partial charge in [-0.2, -0.15) is 0 Å². The quantitative estimate of drug-likeness (QED) is 0.153. The maximum Gasteiger partial charge on any atom is 0.331 e. The summed E-state index contributed by atoms with van der Waals surface area (Å²) in [6, 6.07) is 0. The van der Waals surface area contributed by atoms with Crippen LogP contribution in [0.4, 0.5) is 0 Å². The molecule has 3 N–H and O–H groups in total. The highest BCUT2D eigenvalue weighted by atomic mass is 16.6. The number of hydrogen-bond donors (Lipinski definition) is 3. The van der Waals surface area contributed by atoms with Gasteiger partial charge in [-0.25, -0.2) is 4.79 Å². The molecule has 4 rings (SSSR count). The van der Waals surface area contributed by atoms with E-state index in [1.807, 2.05) is 13.0 Å². The number of carbonyl (C=O) groups excluding carboxylic acids is 2. The predicted octanol–water partition coefficient (Wildman–Crippen LogP) is 4.06. The first-order chi connectivity index (χ1) is 17.0. The molecule has 0 saturated heterocycles. The summed E-state index contributed by atoms with van der Waals surface area (Å²) in [6.07, 6.45) is 12.4. The Hall–Kier alpha value is -2.02. The number of ether oxygens (including phenoxy) is 1. The lowest BCUT2D eigenvalue weighted by atomic mass is 9.59. The Balaban J connectivity index is 1.66. The first kappa shape index (κ1) is 27.0. The zero-order valence-corrected chi connectivity index (χ0v) is 22.2. The van der Waals surface area contributed by atoms with Gasteiger partial charge in [0.15, 0.2) is 17.5 Å². The predicted molar refractivity (Wildman–Crippen MR) is 138 cm³/mol. The highest BCUT2D eigenvalue weighted by Crippen LogP contribution is 2.71. The van der Waals surface area contributed by atoms with Gasteiger partial charge in [-0.1, -0.05) is 70.9 Å². The van der Waals surface area contributed by atoms with Crippen molar-refractivity contribution in [1.29, 1.82) is 0 Å². The third kappa shape index (κ3) is 3.88. The molecule has 2 bridgehead atoms. The summed E-state index contributed by atoms with van der Waals surface area (Å²) in [7, 11) is 0. The first-order valence-corrected chi connectivity index (χ1v) is 13.5. The monoisotopic (exact) mass is 498 g/mol. The van der Waals surface area contributed by atoms with Crippen LogP contribution >= 0.6 is 0 Å². The highest BCUT2D eigenvalue weighted by molar-refractivity contribution is 5.95. The number of aliphatic hydroxyl groups is 3. The molecule has 0 aromatic rings. The second-order valence-electron chi connectivity index (χ2n) is 12.0. The van der Waals surface area contributed by atoms with Gasteiger partial charge in [0, 0.05) is 12.0 Å². The second-order valence-corrected chi connectivity index (χ2v) is 12.0. The molecular formula is C30H42O6. The SMILES string of the molecule is CCCCC/C=C/C=C/C(=O)O[C@H]1C(C)=CC23C(=O)[C@@H](C=C(CO)[C@@H](O)[C@]12O)[C@H]1[C@@H](C[C@H]3C)C1(C)C. The molecule has 6 nitrogen and oxygen atoms in total. The van der Waals surface area contributed by atoms with Crippen molar-refractivity contribution < 1.29 is 29.6 Å². The van der Waals surface area contributed by atoms with E-state index in [0.29, 0.717) is 11.5 Å². The van der Waals surface area contributed by atoms with Gasteiger partial charge in [-0.15, -0.1) is 0 Å². The molecule has 0 amide bonds. The Morgan fingerprint density at radius 3 is 2.64 bits per heavy atom. The van der Waals surface area contributed by atoms with E-state index < -0.39 is 41.7 Å². The molecule has 2 fully saturated rings. The number of hydrogen-bond acceptors (Lipinski definition) is 6. The molecule has 2 saturated carbocycles. The second kappa shape index (κ2) is 9.70. The minimum atomic E-state index is -2.10. The van der Waals surface area contributed by atoms with Gasteiger partial charge in [-0.05, 0) is 60.5 Å². The van der Waals surface area contributed by atoms with Crippen LogP contribution in [0.25, 0.3) is 0 Å². The molecule has 4 aliphatic carbocycles. The summed E-state index contributed by atoms with van der Waals surface area (Å²) in [5.41, 5.74) is -2.79. The molecule has 1 unspecified atom stereocenters. The van der Waals surface area contributed by atoms with Crippen molar-refractivity contribution >= 4 is 11.8 Å². The van der Waals surface area contributed by atoms with Crippen molar-refractivity contribution in [3.05, 3.63) is 47.6 Å². The third-order valence-electron chi connectivity index (χ3n) is 9.58. The van der Waals surface area contributed by atoms with Crippen LogP contribution in [0.1, 0.15) is 66.7 Å². The number of fused-ring (bicyclic) bond motifs is 3. The Bertz CT molecular complexity index is 1020. The Morgan fingerprint density at radius 1 is 1.25 bits per heavy atom. The van der Waals surface area contributed by atoms with Gasteiger partial charge in [0.05, 0.1) is 12.0 Å². The Morgan fingerprint density at radius 2 is 1.97 bits per heavy atom. The molecule has 36 heavy (non-hydrogen) atoms. The van der Waals surface area contributed by atoms with Crippen molar-refractivity contribution in [2.24, 2.45) is 34.5 Å². The number of carbonyl (C=O) groups is 2. The summed E-state index contributed by atoms with van der Waals surface area (Å²) < 4.78 is 5.76. The average Bonchev–Trinajstić information content (AvgIpc) is 3.32. The molecule has 0 aromatic heterocycles. The summed E-state index contributed by atoms with van der Waals surface area (Å²) >= 11 is 0. The van der Waals surface area contributed by atoms with E-state index in [2.05, 4.69) is 20.8 Å². The van der Waals surface area contributed by atoms with Crippen LogP contribution in [-0.4, -0.2) is 51.5 Å².